The highest BCUT2D eigenvalue weighted by molar-refractivity contribution is 5.71. The van der Waals surface area contributed by atoms with Gasteiger partial charge in [-0.05, 0) is 41.8 Å². The van der Waals surface area contributed by atoms with Crippen LogP contribution in [0.3, 0.4) is 0 Å². The molecule has 4 rings (SSSR count). The van der Waals surface area contributed by atoms with Crippen LogP contribution in [0.15, 0.2) is 36.4 Å². The first-order valence-electron chi connectivity index (χ1n) is 9.63. The Balaban J connectivity index is 1.65. The van der Waals surface area contributed by atoms with Gasteiger partial charge in [-0.25, -0.2) is 15.2 Å². The van der Waals surface area contributed by atoms with Gasteiger partial charge in [0.1, 0.15) is 5.82 Å². The average molecular weight is 417 g/mol. The van der Waals surface area contributed by atoms with Gasteiger partial charge >= 0.3 is 5.97 Å². The molecule has 2 fully saturated rings. The number of hydrogen-bond acceptors (Lipinski definition) is 7. The molecule has 0 aliphatic carbocycles. The van der Waals surface area contributed by atoms with Crippen molar-refractivity contribution in [2.75, 3.05) is 14.2 Å². The molecule has 2 aromatic rings. The number of phenolic OH excluding ortho intramolecular Hbond substituents is 1. The summed E-state index contributed by atoms with van der Waals surface area (Å²) in [6.07, 6.45) is -0.0000450. The smallest absolute Gasteiger partial charge is 0.307 e. The van der Waals surface area contributed by atoms with Crippen molar-refractivity contribution in [2.45, 2.75) is 24.7 Å². The summed E-state index contributed by atoms with van der Waals surface area (Å²) in [4.78, 5) is 12.2. The number of phenols is 1. The van der Waals surface area contributed by atoms with Crippen LogP contribution in [0.5, 0.6) is 17.2 Å². The molecule has 9 heteroatoms. The highest BCUT2D eigenvalue weighted by Gasteiger charge is 2.49. The number of methoxy groups -OCH3 is 2. The van der Waals surface area contributed by atoms with E-state index < -0.39 is 11.9 Å². The summed E-state index contributed by atoms with van der Waals surface area (Å²) in [5.74, 6) is -1.79. The maximum Gasteiger partial charge on any atom is 0.307 e. The van der Waals surface area contributed by atoms with Crippen molar-refractivity contribution < 1.29 is 28.9 Å². The molecule has 160 valence electrons. The van der Waals surface area contributed by atoms with Gasteiger partial charge in [0.2, 0.25) is 5.75 Å². The van der Waals surface area contributed by atoms with Gasteiger partial charge in [0.25, 0.3) is 0 Å². The molecule has 0 saturated carbocycles. The highest BCUT2D eigenvalue weighted by atomic mass is 19.1. The molecule has 0 bridgehead atoms. The van der Waals surface area contributed by atoms with Crippen LogP contribution in [0.2, 0.25) is 0 Å². The summed E-state index contributed by atoms with van der Waals surface area (Å²) < 4.78 is 23.8. The number of carboxylic acids is 1. The van der Waals surface area contributed by atoms with Gasteiger partial charge in [0.05, 0.1) is 32.3 Å². The fraction of sp³-hybridized carbons (Fsp3) is 0.381. The first-order valence-corrected chi connectivity index (χ1v) is 9.63. The van der Waals surface area contributed by atoms with Crippen LogP contribution in [0.25, 0.3) is 0 Å². The van der Waals surface area contributed by atoms with Crippen LogP contribution in [-0.4, -0.2) is 36.6 Å². The number of aromatic hydroxyl groups is 1. The van der Waals surface area contributed by atoms with Gasteiger partial charge in [-0.2, -0.15) is 0 Å². The Bertz CT molecular complexity index is 914. The second kappa shape index (κ2) is 8.10. The average Bonchev–Trinajstić information content (AvgIpc) is 3.17. The van der Waals surface area contributed by atoms with Crippen molar-refractivity contribution >= 4 is 5.97 Å². The summed E-state index contributed by atoms with van der Waals surface area (Å²) in [5.41, 5.74) is 7.87. The molecule has 5 atom stereocenters. The van der Waals surface area contributed by atoms with Gasteiger partial charge in [0, 0.05) is 12.0 Å². The second-order valence-corrected chi connectivity index (χ2v) is 7.55. The number of halogens is 1. The minimum Gasteiger partial charge on any atom is -0.502 e. The lowest BCUT2D eigenvalue weighted by atomic mass is 9.75. The first-order chi connectivity index (χ1) is 14.4. The summed E-state index contributed by atoms with van der Waals surface area (Å²) in [6, 6.07) is 8.83. The molecule has 2 heterocycles. The Hall–Kier alpha value is -2.88. The van der Waals surface area contributed by atoms with Gasteiger partial charge in [0.15, 0.2) is 11.5 Å². The van der Waals surface area contributed by atoms with Crippen molar-refractivity contribution in [3.8, 4) is 17.2 Å². The topological polar surface area (TPSA) is 112 Å². The highest BCUT2D eigenvalue weighted by Crippen LogP contribution is 2.45. The van der Waals surface area contributed by atoms with Gasteiger partial charge in [-0.15, -0.1) is 0 Å². The molecule has 2 aromatic carbocycles. The Morgan fingerprint density at radius 2 is 1.70 bits per heavy atom. The molecule has 0 spiro atoms. The van der Waals surface area contributed by atoms with E-state index in [1.54, 1.807) is 24.3 Å². The molecule has 30 heavy (non-hydrogen) atoms. The van der Waals surface area contributed by atoms with E-state index in [1.807, 2.05) is 0 Å². The fourth-order valence-electron chi connectivity index (χ4n) is 4.47. The molecule has 5 unspecified atom stereocenters. The number of nitrogens with one attached hydrogen (secondary N) is 3. The second-order valence-electron chi connectivity index (χ2n) is 7.55. The zero-order chi connectivity index (χ0) is 21.4. The number of carbonyl (C=O) groups is 1. The van der Waals surface area contributed by atoms with Crippen LogP contribution < -0.4 is 25.6 Å². The van der Waals surface area contributed by atoms with E-state index in [2.05, 4.69) is 16.2 Å². The zero-order valence-corrected chi connectivity index (χ0v) is 16.6. The standard InChI is InChI=1S/C21H24FN3O5/c1-29-15-7-11(8-16(30-2)19(15)26)14-9-13(21(27)28)17-18(24-25-20(17)23-14)10-3-5-12(22)6-4-10/h3-8,13-14,17-18,20,23-26H,9H2,1-2H3,(H,27,28). The minimum atomic E-state index is -0.896. The maximum absolute atomic E-state index is 13.3. The van der Waals surface area contributed by atoms with E-state index in [-0.39, 0.29) is 47.2 Å². The molecule has 2 saturated heterocycles. The van der Waals surface area contributed by atoms with E-state index >= 15 is 0 Å². The third-order valence-corrected chi connectivity index (χ3v) is 5.95. The van der Waals surface area contributed by atoms with Crippen LogP contribution in [0.1, 0.15) is 29.6 Å². The summed E-state index contributed by atoms with van der Waals surface area (Å²) in [7, 11) is 2.89. The van der Waals surface area contributed by atoms with Crippen molar-refractivity contribution in [3.05, 3.63) is 53.3 Å². The molecule has 2 aliphatic rings. The lowest BCUT2D eigenvalue weighted by Gasteiger charge is -2.39. The quantitative estimate of drug-likeness (QED) is 0.503. The molecule has 0 aromatic heterocycles. The van der Waals surface area contributed by atoms with Crippen LogP contribution >= 0.6 is 0 Å². The Labute approximate surface area is 173 Å². The van der Waals surface area contributed by atoms with Crippen LogP contribution in [0.4, 0.5) is 4.39 Å². The van der Waals surface area contributed by atoms with E-state index in [9.17, 15) is 19.4 Å². The van der Waals surface area contributed by atoms with E-state index in [4.69, 9.17) is 9.47 Å². The zero-order valence-electron chi connectivity index (χ0n) is 16.6. The summed E-state index contributed by atoms with van der Waals surface area (Å²) in [6.45, 7) is 0. The third-order valence-electron chi connectivity index (χ3n) is 5.95. The monoisotopic (exact) mass is 417 g/mol. The normalized spacial score (nSPS) is 28.0. The SMILES string of the molecule is COc1cc(C2CC(C(=O)O)C3C(NNC3c3ccc(F)cc3)N2)cc(OC)c1O. The molecule has 2 aliphatic heterocycles. The summed E-state index contributed by atoms with van der Waals surface area (Å²) >= 11 is 0. The van der Waals surface area contributed by atoms with Gasteiger partial charge < -0.3 is 19.7 Å². The predicted octanol–water partition coefficient (Wildman–Crippen LogP) is 2.08. The first kappa shape index (κ1) is 20.4. The van der Waals surface area contributed by atoms with Crippen molar-refractivity contribution in [1.82, 2.24) is 16.2 Å². The number of hydrazine groups is 1. The minimum absolute atomic E-state index is 0.107. The Kier molecular flexibility index (Phi) is 5.50. The number of hydrogen-bond donors (Lipinski definition) is 5. The number of rotatable bonds is 5. The predicted molar refractivity (Wildman–Crippen MR) is 106 cm³/mol. The number of benzene rings is 2. The number of aliphatic carboxylic acids is 1. The van der Waals surface area contributed by atoms with Crippen LogP contribution in [-0.2, 0) is 4.79 Å². The molecule has 0 radical (unpaired) electrons. The molecular formula is C21H24FN3O5. The fourth-order valence-corrected chi connectivity index (χ4v) is 4.47. The third kappa shape index (κ3) is 3.55. The Morgan fingerprint density at radius 3 is 2.27 bits per heavy atom. The number of fused-ring (bicyclic) bond motifs is 1. The van der Waals surface area contributed by atoms with Crippen molar-refractivity contribution in [3.63, 3.8) is 0 Å². The number of carboxylic acid groups (broad SMARTS) is 1. The lowest BCUT2D eigenvalue weighted by molar-refractivity contribution is -0.146. The molecule has 0 amide bonds. The summed E-state index contributed by atoms with van der Waals surface area (Å²) in [5, 5.41) is 23.6. The molecule has 5 N–H and O–H groups in total. The van der Waals surface area contributed by atoms with Gasteiger partial charge in [-0.3, -0.25) is 10.1 Å². The number of ether oxygens (including phenoxy) is 2. The van der Waals surface area contributed by atoms with Crippen molar-refractivity contribution in [2.24, 2.45) is 11.8 Å². The van der Waals surface area contributed by atoms with Gasteiger partial charge in [-0.1, -0.05) is 12.1 Å². The lowest BCUT2D eigenvalue weighted by Crippen LogP contribution is -2.53. The molecular weight excluding hydrogens is 393 g/mol. The molecule has 8 nitrogen and oxygen atoms in total. The largest absolute Gasteiger partial charge is 0.502 e. The van der Waals surface area contributed by atoms with E-state index in [0.29, 0.717) is 6.42 Å². The number of piperidine rings is 1. The van der Waals surface area contributed by atoms with Crippen molar-refractivity contribution in [1.29, 1.82) is 0 Å². The Morgan fingerprint density at radius 1 is 1.07 bits per heavy atom. The van der Waals surface area contributed by atoms with Crippen LogP contribution in [0, 0.1) is 17.7 Å². The maximum atomic E-state index is 13.3. The van der Waals surface area contributed by atoms with E-state index in [0.717, 1.165) is 11.1 Å². The van der Waals surface area contributed by atoms with E-state index in [1.165, 1.54) is 26.4 Å².